The van der Waals surface area contributed by atoms with E-state index in [1.807, 2.05) is 12.4 Å². The molecule has 2 aromatic rings. The number of hydrogen-bond acceptors (Lipinski definition) is 3. The lowest BCUT2D eigenvalue weighted by molar-refractivity contribution is 0.0390. The maximum absolute atomic E-state index is 5.43. The number of fused-ring (bicyclic) bond motifs is 1. The zero-order valence-corrected chi connectivity index (χ0v) is 13.4. The molecule has 0 atom stereocenters. The lowest BCUT2D eigenvalue weighted by Gasteiger charge is -2.26. The van der Waals surface area contributed by atoms with E-state index in [2.05, 4.69) is 46.3 Å². The van der Waals surface area contributed by atoms with E-state index in [0.717, 1.165) is 45.7 Å². The zero-order chi connectivity index (χ0) is 15.5. The zero-order valence-electron chi connectivity index (χ0n) is 13.4. The highest BCUT2D eigenvalue weighted by Gasteiger charge is 2.19. The second-order valence-corrected chi connectivity index (χ2v) is 6.21. The van der Waals surface area contributed by atoms with Crippen molar-refractivity contribution in [2.75, 3.05) is 32.8 Å². The van der Waals surface area contributed by atoms with Gasteiger partial charge in [0, 0.05) is 32.0 Å². The van der Waals surface area contributed by atoms with Crippen LogP contribution in [0.5, 0.6) is 0 Å². The summed E-state index contributed by atoms with van der Waals surface area (Å²) in [6.07, 6.45) is 8.34. The van der Waals surface area contributed by atoms with Crippen LogP contribution >= 0.6 is 0 Å². The maximum atomic E-state index is 5.43. The van der Waals surface area contributed by atoms with Gasteiger partial charge in [0.25, 0.3) is 0 Å². The second kappa shape index (κ2) is 6.65. The van der Waals surface area contributed by atoms with Crippen molar-refractivity contribution in [3.05, 3.63) is 59.9 Å². The van der Waals surface area contributed by atoms with Gasteiger partial charge in [-0.05, 0) is 52.8 Å². The Hall–Kier alpha value is -1.97. The average Bonchev–Trinajstić information content (AvgIpc) is 3.05. The van der Waals surface area contributed by atoms with Gasteiger partial charge in [-0.3, -0.25) is 9.88 Å². The van der Waals surface area contributed by atoms with Gasteiger partial charge in [-0.25, -0.2) is 0 Å². The molecule has 0 unspecified atom stereocenters. The third-order valence-electron chi connectivity index (χ3n) is 4.87. The van der Waals surface area contributed by atoms with Crippen molar-refractivity contribution in [1.82, 2.24) is 9.88 Å². The van der Waals surface area contributed by atoms with Gasteiger partial charge in [-0.2, -0.15) is 0 Å². The number of pyridine rings is 1. The summed E-state index contributed by atoms with van der Waals surface area (Å²) in [7, 11) is 0. The molecule has 0 spiro atoms. The van der Waals surface area contributed by atoms with E-state index in [9.17, 15) is 0 Å². The molecule has 23 heavy (non-hydrogen) atoms. The van der Waals surface area contributed by atoms with E-state index in [4.69, 9.17) is 4.74 Å². The second-order valence-electron chi connectivity index (χ2n) is 6.21. The van der Waals surface area contributed by atoms with Crippen LogP contribution in [0.1, 0.15) is 17.5 Å². The first kappa shape index (κ1) is 14.6. The summed E-state index contributed by atoms with van der Waals surface area (Å²) in [6.45, 7) is 5.02. The lowest BCUT2D eigenvalue weighted by Crippen LogP contribution is -2.36. The summed E-state index contributed by atoms with van der Waals surface area (Å²) in [4.78, 5) is 6.64. The minimum absolute atomic E-state index is 0.877. The van der Waals surface area contributed by atoms with Gasteiger partial charge in [0.2, 0.25) is 0 Å². The standard InChI is InChI=1S/C20H22N2O/c1-2-18-16(8-11-22-12-14-23-15-13-22)4-5-20(18)19(3-1)17-6-9-21-10-7-17/h1-4,6-7,9-10H,5,8,11-15H2. The minimum Gasteiger partial charge on any atom is -0.379 e. The fraction of sp³-hybridized carbons (Fsp3) is 0.350. The molecule has 0 N–H and O–H groups in total. The molecule has 0 bridgehead atoms. The fourth-order valence-corrected chi connectivity index (χ4v) is 3.58. The van der Waals surface area contributed by atoms with E-state index in [-0.39, 0.29) is 0 Å². The number of aromatic nitrogens is 1. The third kappa shape index (κ3) is 3.07. The Morgan fingerprint density at radius 3 is 2.61 bits per heavy atom. The molecule has 3 heteroatoms. The Morgan fingerprint density at radius 2 is 1.78 bits per heavy atom. The van der Waals surface area contributed by atoms with Gasteiger partial charge in [-0.1, -0.05) is 24.3 Å². The molecule has 0 amide bonds. The highest BCUT2D eigenvalue weighted by molar-refractivity contribution is 5.81. The number of nitrogens with zero attached hydrogens (tertiary/aromatic N) is 2. The third-order valence-corrected chi connectivity index (χ3v) is 4.87. The quantitative estimate of drug-likeness (QED) is 0.865. The molecule has 2 heterocycles. The van der Waals surface area contributed by atoms with Gasteiger partial charge >= 0.3 is 0 Å². The number of rotatable bonds is 4. The van der Waals surface area contributed by atoms with Crippen LogP contribution in [0.2, 0.25) is 0 Å². The smallest absolute Gasteiger partial charge is 0.0594 e. The molecule has 1 fully saturated rings. The van der Waals surface area contributed by atoms with Gasteiger partial charge in [0.1, 0.15) is 0 Å². The number of hydrogen-bond donors (Lipinski definition) is 0. The molecule has 1 aromatic carbocycles. The predicted octanol–water partition coefficient (Wildman–Crippen LogP) is 3.41. The summed E-state index contributed by atoms with van der Waals surface area (Å²) < 4.78 is 5.43. The summed E-state index contributed by atoms with van der Waals surface area (Å²) in [5.41, 5.74) is 7.02. The van der Waals surface area contributed by atoms with E-state index in [1.54, 1.807) is 0 Å². The molecule has 0 radical (unpaired) electrons. The van der Waals surface area contributed by atoms with Crippen LogP contribution in [-0.4, -0.2) is 42.7 Å². The van der Waals surface area contributed by atoms with Gasteiger partial charge in [-0.15, -0.1) is 0 Å². The van der Waals surface area contributed by atoms with Crippen molar-refractivity contribution < 1.29 is 4.74 Å². The summed E-state index contributed by atoms with van der Waals surface area (Å²) in [6, 6.07) is 10.9. The van der Waals surface area contributed by atoms with Crippen LogP contribution in [0.25, 0.3) is 16.7 Å². The molecule has 0 saturated carbocycles. The SMILES string of the molecule is C1=C(CCN2CCOCC2)c2cccc(-c3ccncc3)c2C1. The van der Waals surface area contributed by atoms with Gasteiger partial charge < -0.3 is 4.74 Å². The van der Waals surface area contributed by atoms with Crippen LogP contribution in [0.4, 0.5) is 0 Å². The summed E-state index contributed by atoms with van der Waals surface area (Å²) in [5, 5.41) is 0. The van der Waals surface area contributed by atoms with Crippen molar-refractivity contribution in [3.63, 3.8) is 0 Å². The molecular formula is C20H22N2O. The van der Waals surface area contributed by atoms with Crippen molar-refractivity contribution in [2.45, 2.75) is 12.8 Å². The van der Waals surface area contributed by atoms with E-state index >= 15 is 0 Å². The monoisotopic (exact) mass is 306 g/mol. The van der Waals surface area contributed by atoms with E-state index in [1.165, 1.54) is 27.8 Å². The Labute approximate surface area is 137 Å². The Morgan fingerprint density at radius 1 is 1.00 bits per heavy atom. The normalized spacial score (nSPS) is 17.8. The van der Waals surface area contributed by atoms with Crippen LogP contribution in [0.3, 0.4) is 0 Å². The number of benzene rings is 1. The first-order valence-corrected chi connectivity index (χ1v) is 8.43. The largest absolute Gasteiger partial charge is 0.379 e. The first-order chi connectivity index (χ1) is 11.4. The highest BCUT2D eigenvalue weighted by atomic mass is 16.5. The van der Waals surface area contributed by atoms with Crippen LogP contribution < -0.4 is 0 Å². The molecule has 1 aliphatic heterocycles. The minimum atomic E-state index is 0.877. The fourth-order valence-electron chi connectivity index (χ4n) is 3.58. The molecule has 1 aliphatic carbocycles. The summed E-state index contributed by atoms with van der Waals surface area (Å²) in [5.74, 6) is 0. The molecule has 1 saturated heterocycles. The maximum Gasteiger partial charge on any atom is 0.0594 e. The van der Waals surface area contributed by atoms with Crippen LogP contribution in [0, 0.1) is 0 Å². The average molecular weight is 306 g/mol. The lowest BCUT2D eigenvalue weighted by atomic mass is 9.95. The Bertz CT molecular complexity index is 703. The molecule has 2 aliphatic rings. The first-order valence-electron chi connectivity index (χ1n) is 8.43. The Kier molecular flexibility index (Phi) is 4.22. The van der Waals surface area contributed by atoms with E-state index < -0.39 is 0 Å². The van der Waals surface area contributed by atoms with Crippen molar-refractivity contribution in [1.29, 1.82) is 0 Å². The molecule has 1 aromatic heterocycles. The van der Waals surface area contributed by atoms with Crippen molar-refractivity contribution in [3.8, 4) is 11.1 Å². The number of morpholine rings is 1. The van der Waals surface area contributed by atoms with Crippen LogP contribution in [-0.2, 0) is 11.2 Å². The topological polar surface area (TPSA) is 25.4 Å². The van der Waals surface area contributed by atoms with Crippen molar-refractivity contribution in [2.24, 2.45) is 0 Å². The van der Waals surface area contributed by atoms with Gasteiger partial charge in [0.15, 0.2) is 0 Å². The molecular weight excluding hydrogens is 284 g/mol. The van der Waals surface area contributed by atoms with Gasteiger partial charge in [0.05, 0.1) is 13.2 Å². The molecule has 118 valence electrons. The van der Waals surface area contributed by atoms with Crippen LogP contribution in [0.15, 0.2) is 48.8 Å². The summed E-state index contributed by atoms with van der Waals surface area (Å²) >= 11 is 0. The highest BCUT2D eigenvalue weighted by Crippen LogP contribution is 2.36. The number of allylic oxidation sites excluding steroid dienone is 1. The Balaban J connectivity index is 1.52. The molecule has 4 rings (SSSR count). The number of ether oxygens (including phenoxy) is 1. The molecule has 3 nitrogen and oxygen atoms in total. The van der Waals surface area contributed by atoms with E-state index in [0.29, 0.717) is 0 Å². The van der Waals surface area contributed by atoms with Crippen molar-refractivity contribution >= 4 is 5.57 Å². The predicted molar refractivity (Wildman–Crippen MR) is 93.2 cm³/mol.